The quantitative estimate of drug-likeness (QED) is 0.344. The van der Waals surface area contributed by atoms with E-state index in [0.717, 1.165) is 12.1 Å². The number of hydrogen-bond donors (Lipinski definition) is 1. The van der Waals surface area contributed by atoms with E-state index in [1.54, 1.807) is 18.7 Å². The van der Waals surface area contributed by atoms with Gasteiger partial charge in [0.05, 0.1) is 30.4 Å². The van der Waals surface area contributed by atoms with E-state index in [9.17, 15) is 22.8 Å². The molecule has 0 saturated carbocycles. The molecule has 0 spiro atoms. The number of nitrogens with zero attached hydrogens (tertiary/aromatic N) is 2. The summed E-state index contributed by atoms with van der Waals surface area (Å²) >= 11 is 0. The van der Waals surface area contributed by atoms with Crippen LogP contribution in [0.5, 0.6) is 0 Å². The Labute approximate surface area is 166 Å². The van der Waals surface area contributed by atoms with Crippen LogP contribution in [0.25, 0.3) is 0 Å². The lowest BCUT2D eigenvalue weighted by Gasteiger charge is -2.32. The van der Waals surface area contributed by atoms with Crippen molar-refractivity contribution in [3.8, 4) is 0 Å². The van der Waals surface area contributed by atoms with Crippen molar-refractivity contribution in [1.29, 1.82) is 0 Å². The summed E-state index contributed by atoms with van der Waals surface area (Å²) in [7, 11) is 0. The van der Waals surface area contributed by atoms with Gasteiger partial charge in [-0.2, -0.15) is 13.2 Å². The number of nitrogens with one attached hydrogen (secondary N) is 1. The Hall–Kier alpha value is -2.78. The van der Waals surface area contributed by atoms with E-state index in [1.165, 1.54) is 12.1 Å². The number of hydrogen-bond acceptors (Lipinski definition) is 6. The van der Waals surface area contributed by atoms with Crippen molar-refractivity contribution in [3.05, 3.63) is 29.8 Å². The number of likely N-dealkylation sites (tertiary alicyclic amines) is 1. The lowest BCUT2D eigenvalue weighted by atomic mass is 9.97. The number of hydrazone groups is 1. The molecular formula is C19H24F3N3O4. The fourth-order valence-corrected chi connectivity index (χ4v) is 2.91. The first kappa shape index (κ1) is 22.5. The zero-order valence-corrected chi connectivity index (χ0v) is 16.3. The molecule has 1 aromatic rings. The number of benzene rings is 1. The fourth-order valence-electron chi connectivity index (χ4n) is 2.91. The summed E-state index contributed by atoms with van der Waals surface area (Å²) in [5, 5.41) is 4.00. The van der Waals surface area contributed by atoms with Gasteiger partial charge in [0.15, 0.2) is 0 Å². The number of esters is 2. The molecule has 1 fully saturated rings. The average Bonchev–Trinajstić information content (AvgIpc) is 2.68. The second-order valence-electron chi connectivity index (χ2n) is 6.36. The number of rotatable bonds is 5. The lowest BCUT2D eigenvalue weighted by Crippen LogP contribution is -2.44. The molecule has 2 rings (SSSR count). The monoisotopic (exact) mass is 415 g/mol. The molecule has 0 aliphatic carbocycles. The van der Waals surface area contributed by atoms with Crippen LogP contribution in [-0.2, 0) is 25.2 Å². The first-order chi connectivity index (χ1) is 13.8. The molecule has 0 aromatic heterocycles. The summed E-state index contributed by atoms with van der Waals surface area (Å²) in [4.78, 5) is 25.8. The van der Waals surface area contributed by atoms with Crippen LogP contribution in [0.3, 0.4) is 0 Å². The van der Waals surface area contributed by atoms with E-state index in [0.29, 0.717) is 32.5 Å². The van der Waals surface area contributed by atoms with Crippen molar-refractivity contribution in [2.75, 3.05) is 31.7 Å². The summed E-state index contributed by atoms with van der Waals surface area (Å²) < 4.78 is 48.6. The number of halogens is 3. The van der Waals surface area contributed by atoms with Gasteiger partial charge in [-0.1, -0.05) is 6.07 Å². The first-order valence-electron chi connectivity index (χ1n) is 9.35. The van der Waals surface area contributed by atoms with Crippen LogP contribution in [0, 0.1) is 5.92 Å². The molecule has 0 bridgehead atoms. The zero-order valence-electron chi connectivity index (χ0n) is 16.3. The van der Waals surface area contributed by atoms with Crippen molar-refractivity contribution in [2.24, 2.45) is 11.0 Å². The van der Waals surface area contributed by atoms with Crippen LogP contribution < -0.4 is 5.43 Å². The molecule has 7 nitrogen and oxygen atoms in total. The number of anilines is 1. The second-order valence-corrected chi connectivity index (χ2v) is 6.36. The molecule has 1 aromatic carbocycles. The molecule has 0 atom stereocenters. The van der Waals surface area contributed by atoms with Crippen LogP contribution in [0.4, 0.5) is 18.9 Å². The number of ether oxygens (including phenoxy) is 2. The van der Waals surface area contributed by atoms with Gasteiger partial charge < -0.3 is 14.4 Å². The Morgan fingerprint density at radius 2 is 1.83 bits per heavy atom. The molecule has 29 heavy (non-hydrogen) atoms. The highest BCUT2D eigenvalue weighted by Gasteiger charge is 2.31. The highest BCUT2D eigenvalue weighted by molar-refractivity contribution is 6.35. The predicted molar refractivity (Wildman–Crippen MR) is 100 cm³/mol. The maximum atomic E-state index is 12.9. The Balaban J connectivity index is 2.13. The molecule has 0 amide bonds. The Kier molecular flexibility index (Phi) is 7.86. The molecule has 10 heteroatoms. The van der Waals surface area contributed by atoms with Gasteiger partial charge in [0.25, 0.3) is 0 Å². The molecule has 0 radical (unpaired) electrons. The van der Waals surface area contributed by atoms with Gasteiger partial charge in [-0.3, -0.25) is 10.2 Å². The SMILES string of the molecule is CCOC(=O)C(=NNc1cccc(C(F)(F)F)c1)N1CCC(C(=O)OCC)CC1. The second kappa shape index (κ2) is 10.1. The third-order valence-electron chi connectivity index (χ3n) is 4.35. The molecule has 1 heterocycles. The van der Waals surface area contributed by atoms with Crippen molar-refractivity contribution in [1.82, 2.24) is 4.90 Å². The summed E-state index contributed by atoms with van der Waals surface area (Å²) in [6, 6.07) is 4.50. The van der Waals surface area contributed by atoms with Crippen LogP contribution in [0.2, 0.25) is 0 Å². The van der Waals surface area contributed by atoms with Crippen LogP contribution in [0.15, 0.2) is 29.4 Å². The number of piperidine rings is 1. The van der Waals surface area contributed by atoms with Crippen molar-refractivity contribution in [2.45, 2.75) is 32.9 Å². The number of alkyl halides is 3. The van der Waals surface area contributed by atoms with Gasteiger partial charge in [-0.25, -0.2) is 4.79 Å². The van der Waals surface area contributed by atoms with Gasteiger partial charge >= 0.3 is 18.1 Å². The minimum Gasteiger partial charge on any atom is -0.466 e. The van der Waals surface area contributed by atoms with E-state index in [-0.39, 0.29) is 30.0 Å². The van der Waals surface area contributed by atoms with Gasteiger partial charge in [-0.05, 0) is 44.9 Å². The standard InChI is InChI=1S/C19H24F3N3O4/c1-3-28-17(26)13-8-10-25(11-9-13)16(18(27)29-4-2)24-23-15-7-5-6-14(12-15)19(20,21)22/h5-7,12-13,23H,3-4,8-11H2,1-2H3. The Morgan fingerprint density at radius 3 is 2.41 bits per heavy atom. The largest absolute Gasteiger partial charge is 0.466 e. The zero-order chi connectivity index (χ0) is 21.4. The highest BCUT2D eigenvalue weighted by Crippen LogP contribution is 2.30. The molecule has 0 unspecified atom stereocenters. The topological polar surface area (TPSA) is 80.2 Å². The Morgan fingerprint density at radius 1 is 1.17 bits per heavy atom. The van der Waals surface area contributed by atoms with Crippen molar-refractivity contribution >= 4 is 23.5 Å². The summed E-state index contributed by atoms with van der Waals surface area (Å²) in [5.74, 6) is -1.27. The molecule has 160 valence electrons. The van der Waals surface area contributed by atoms with Crippen LogP contribution in [-0.4, -0.2) is 49.0 Å². The van der Waals surface area contributed by atoms with Gasteiger partial charge in [0.1, 0.15) is 0 Å². The maximum Gasteiger partial charge on any atom is 0.416 e. The normalized spacial score (nSPS) is 15.8. The number of carbonyl (C=O) groups excluding carboxylic acids is 2. The average molecular weight is 415 g/mol. The molecular weight excluding hydrogens is 391 g/mol. The number of carbonyl (C=O) groups is 2. The van der Waals surface area contributed by atoms with Crippen LogP contribution in [0.1, 0.15) is 32.3 Å². The molecule has 1 saturated heterocycles. The summed E-state index contributed by atoms with van der Waals surface area (Å²) in [6.07, 6.45) is -3.54. The third-order valence-corrected chi connectivity index (χ3v) is 4.35. The minimum absolute atomic E-state index is 0.0495. The van der Waals surface area contributed by atoms with E-state index >= 15 is 0 Å². The summed E-state index contributed by atoms with van der Waals surface area (Å²) in [5.41, 5.74) is 1.76. The van der Waals surface area contributed by atoms with Gasteiger partial charge in [0, 0.05) is 13.1 Å². The maximum absolute atomic E-state index is 12.9. The van der Waals surface area contributed by atoms with E-state index < -0.39 is 17.7 Å². The van der Waals surface area contributed by atoms with Crippen molar-refractivity contribution < 1.29 is 32.2 Å². The lowest BCUT2D eigenvalue weighted by molar-refractivity contribution is -0.149. The van der Waals surface area contributed by atoms with E-state index in [4.69, 9.17) is 9.47 Å². The predicted octanol–water partition coefficient (Wildman–Crippen LogP) is 3.27. The van der Waals surface area contributed by atoms with Crippen molar-refractivity contribution in [3.63, 3.8) is 0 Å². The highest BCUT2D eigenvalue weighted by atomic mass is 19.4. The van der Waals surface area contributed by atoms with Gasteiger partial charge in [-0.15, -0.1) is 5.10 Å². The molecule has 1 N–H and O–H groups in total. The van der Waals surface area contributed by atoms with E-state index in [2.05, 4.69) is 10.5 Å². The fraction of sp³-hybridized carbons (Fsp3) is 0.526. The minimum atomic E-state index is -4.49. The molecule has 1 aliphatic heterocycles. The Bertz CT molecular complexity index is 744. The van der Waals surface area contributed by atoms with E-state index in [1.807, 2.05) is 0 Å². The number of amidine groups is 1. The first-order valence-corrected chi connectivity index (χ1v) is 9.35. The smallest absolute Gasteiger partial charge is 0.416 e. The van der Waals surface area contributed by atoms with Gasteiger partial charge in [0.2, 0.25) is 5.84 Å². The van der Waals surface area contributed by atoms with Crippen LogP contribution >= 0.6 is 0 Å². The third kappa shape index (κ3) is 6.37. The molecule has 1 aliphatic rings. The summed E-state index contributed by atoms with van der Waals surface area (Å²) in [6.45, 7) is 4.54.